The number of unbranched alkanes of at least 4 members (excludes halogenated alkanes) is 1. The lowest BCUT2D eigenvalue weighted by atomic mass is 10.1. The Hall–Kier alpha value is -0.960. The summed E-state index contributed by atoms with van der Waals surface area (Å²) in [4.78, 5) is 11.2. The number of halogens is 1. The molecule has 0 radical (unpaired) electrons. The summed E-state index contributed by atoms with van der Waals surface area (Å²) in [5.41, 5.74) is 0.516. The summed E-state index contributed by atoms with van der Waals surface area (Å²) in [7, 11) is 1.36. The molecule has 0 bridgehead atoms. The van der Waals surface area contributed by atoms with Crippen LogP contribution in [-0.2, 0) is 11.2 Å². The van der Waals surface area contributed by atoms with Gasteiger partial charge in [0, 0.05) is 12.3 Å². The number of ether oxygens (including phenoxy) is 1. The molecule has 1 aromatic rings. The van der Waals surface area contributed by atoms with E-state index >= 15 is 0 Å². The van der Waals surface area contributed by atoms with E-state index < -0.39 is 0 Å². The first-order valence-corrected chi connectivity index (χ1v) is 5.03. The smallest absolute Gasteiger partial charge is 0.341 e. The van der Waals surface area contributed by atoms with E-state index in [0.717, 1.165) is 19.3 Å². The number of aryl methyl sites for hydroxylation is 1. The van der Waals surface area contributed by atoms with E-state index in [1.54, 1.807) is 6.07 Å². The molecule has 0 spiro atoms. The van der Waals surface area contributed by atoms with Gasteiger partial charge in [0.1, 0.15) is 11.3 Å². The van der Waals surface area contributed by atoms with Crippen LogP contribution in [0.4, 0.5) is 0 Å². The molecule has 3 nitrogen and oxygen atoms in total. The molecule has 0 saturated carbocycles. The third-order valence-corrected chi connectivity index (χ3v) is 2.21. The Morgan fingerprint density at radius 3 is 3.00 bits per heavy atom. The van der Waals surface area contributed by atoms with Gasteiger partial charge in [0.25, 0.3) is 0 Å². The predicted molar refractivity (Wildman–Crippen MR) is 53.7 cm³/mol. The van der Waals surface area contributed by atoms with Crippen LogP contribution in [-0.4, -0.2) is 19.0 Å². The van der Waals surface area contributed by atoms with Crippen LogP contribution in [0.2, 0.25) is 0 Å². The number of carbonyl (C=O) groups is 1. The molecule has 1 heterocycles. The van der Waals surface area contributed by atoms with Gasteiger partial charge >= 0.3 is 5.97 Å². The fourth-order valence-corrected chi connectivity index (χ4v) is 1.40. The van der Waals surface area contributed by atoms with Crippen molar-refractivity contribution in [1.82, 2.24) is 0 Å². The van der Waals surface area contributed by atoms with E-state index in [9.17, 15) is 4.79 Å². The number of furan rings is 1. The Labute approximate surface area is 88.0 Å². The molecule has 0 fully saturated rings. The van der Waals surface area contributed by atoms with Crippen molar-refractivity contribution in [3.05, 3.63) is 23.7 Å². The van der Waals surface area contributed by atoms with Crippen LogP contribution in [0, 0.1) is 0 Å². The Balaban J connectivity index is 2.58. The Morgan fingerprint density at radius 1 is 1.57 bits per heavy atom. The number of rotatable bonds is 5. The molecular weight excluding hydrogens is 204 g/mol. The second-order valence-corrected chi connectivity index (χ2v) is 3.27. The van der Waals surface area contributed by atoms with E-state index in [1.807, 2.05) is 0 Å². The first-order chi connectivity index (χ1) is 6.79. The zero-order valence-electron chi connectivity index (χ0n) is 8.09. The van der Waals surface area contributed by atoms with Crippen molar-refractivity contribution in [3.8, 4) is 0 Å². The molecule has 78 valence electrons. The summed E-state index contributed by atoms with van der Waals surface area (Å²) in [5, 5.41) is 0. The van der Waals surface area contributed by atoms with Crippen molar-refractivity contribution in [2.45, 2.75) is 19.3 Å². The van der Waals surface area contributed by atoms with E-state index in [-0.39, 0.29) is 5.97 Å². The van der Waals surface area contributed by atoms with E-state index in [0.29, 0.717) is 17.2 Å². The lowest BCUT2D eigenvalue weighted by Crippen LogP contribution is -2.03. The zero-order chi connectivity index (χ0) is 10.4. The highest BCUT2D eigenvalue weighted by Gasteiger charge is 2.13. The molecule has 0 atom stereocenters. The molecule has 0 saturated heterocycles. The predicted octanol–water partition coefficient (Wildman–Crippen LogP) is 2.63. The lowest BCUT2D eigenvalue weighted by molar-refractivity contribution is 0.0598. The topological polar surface area (TPSA) is 39.4 Å². The van der Waals surface area contributed by atoms with Crippen molar-refractivity contribution < 1.29 is 13.9 Å². The van der Waals surface area contributed by atoms with Crippen molar-refractivity contribution >= 4 is 17.6 Å². The quantitative estimate of drug-likeness (QED) is 0.432. The maximum atomic E-state index is 11.2. The van der Waals surface area contributed by atoms with Gasteiger partial charge in [-0.3, -0.25) is 0 Å². The van der Waals surface area contributed by atoms with Gasteiger partial charge in [-0.05, 0) is 18.9 Å². The number of hydrogen-bond donors (Lipinski definition) is 0. The summed E-state index contributed by atoms with van der Waals surface area (Å²) in [6, 6.07) is 1.63. The first kappa shape index (κ1) is 11.1. The molecule has 0 aromatic carbocycles. The maximum absolute atomic E-state index is 11.2. The van der Waals surface area contributed by atoms with Crippen molar-refractivity contribution in [2.24, 2.45) is 0 Å². The number of carbonyl (C=O) groups excluding carboxylic acids is 1. The molecule has 1 aromatic heterocycles. The maximum Gasteiger partial charge on any atom is 0.341 e. The molecule has 0 amide bonds. The minimum Gasteiger partial charge on any atom is -0.468 e. The summed E-state index contributed by atoms with van der Waals surface area (Å²) in [6.45, 7) is 0. The van der Waals surface area contributed by atoms with Crippen LogP contribution < -0.4 is 0 Å². The number of esters is 1. The Bertz CT molecular complexity index is 293. The monoisotopic (exact) mass is 216 g/mol. The minimum atomic E-state index is -0.348. The fraction of sp³-hybridized carbons (Fsp3) is 0.500. The van der Waals surface area contributed by atoms with E-state index in [2.05, 4.69) is 4.74 Å². The van der Waals surface area contributed by atoms with Crippen LogP contribution in [0.15, 0.2) is 16.7 Å². The standard InChI is InChI=1S/C10H13ClO3/c1-13-10(12)8-5-7-14-9(8)4-2-3-6-11/h5,7H,2-4,6H2,1H3. The van der Waals surface area contributed by atoms with Crippen LogP contribution in [0.25, 0.3) is 0 Å². The molecule has 0 unspecified atom stereocenters. The van der Waals surface area contributed by atoms with Crippen molar-refractivity contribution in [1.29, 1.82) is 0 Å². The molecule has 4 heteroatoms. The molecular formula is C10H13ClO3. The van der Waals surface area contributed by atoms with Crippen LogP contribution in [0.3, 0.4) is 0 Å². The van der Waals surface area contributed by atoms with Crippen LogP contribution >= 0.6 is 11.6 Å². The van der Waals surface area contributed by atoms with Gasteiger partial charge in [-0.15, -0.1) is 11.6 Å². The summed E-state index contributed by atoms with van der Waals surface area (Å²) in [5.74, 6) is 0.968. The third-order valence-electron chi connectivity index (χ3n) is 1.94. The highest BCUT2D eigenvalue weighted by atomic mass is 35.5. The Kier molecular flexibility index (Phi) is 4.53. The largest absolute Gasteiger partial charge is 0.468 e. The van der Waals surface area contributed by atoms with Gasteiger partial charge in [0.2, 0.25) is 0 Å². The van der Waals surface area contributed by atoms with E-state index in [1.165, 1.54) is 13.4 Å². The molecule has 0 aliphatic heterocycles. The average molecular weight is 217 g/mol. The SMILES string of the molecule is COC(=O)c1ccoc1CCCCCl. The molecule has 1 rings (SSSR count). The highest BCUT2D eigenvalue weighted by Crippen LogP contribution is 2.14. The van der Waals surface area contributed by atoms with Crippen molar-refractivity contribution in [3.63, 3.8) is 0 Å². The van der Waals surface area contributed by atoms with Gasteiger partial charge < -0.3 is 9.15 Å². The minimum absolute atomic E-state index is 0.348. The number of hydrogen-bond acceptors (Lipinski definition) is 3. The molecule has 0 N–H and O–H groups in total. The molecule has 0 aliphatic carbocycles. The summed E-state index contributed by atoms with van der Waals surface area (Å²) >= 11 is 5.55. The zero-order valence-corrected chi connectivity index (χ0v) is 8.84. The van der Waals surface area contributed by atoms with Crippen LogP contribution in [0.5, 0.6) is 0 Å². The van der Waals surface area contributed by atoms with Gasteiger partial charge in [-0.2, -0.15) is 0 Å². The second kappa shape index (κ2) is 5.70. The Morgan fingerprint density at radius 2 is 2.36 bits per heavy atom. The third kappa shape index (κ3) is 2.77. The van der Waals surface area contributed by atoms with Crippen molar-refractivity contribution in [2.75, 3.05) is 13.0 Å². The number of alkyl halides is 1. The second-order valence-electron chi connectivity index (χ2n) is 2.90. The van der Waals surface area contributed by atoms with Gasteiger partial charge in [-0.25, -0.2) is 4.79 Å². The van der Waals surface area contributed by atoms with Gasteiger partial charge in [-0.1, -0.05) is 0 Å². The average Bonchev–Trinajstić information content (AvgIpc) is 2.65. The fourth-order valence-electron chi connectivity index (χ4n) is 1.21. The van der Waals surface area contributed by atoms with E-state index in [4.69, 9.17) is 16.0 Å². The van der Waals surface area contributed by atoms with Crippen LogP contribution in [0.1, 0.15) is 29.0 Å². The first-order valence-electron chi connectivity index (χ1n) is 4.50. The normalized spacial score (nSPS) is 10.1. The van der Waals surface area contributed by atoms with Gasteiger partial charge in [0.15, 0.2) is 0 Å². The molecule has 0 aliphatic rings. The number of methoxy groups -OCH3 is 1. The summed E-state index contributed by atoms with van der Waals surface area (Å²) in [6.07, 6.45) is 4.07. The lowest BCUT2D eigenvalue weighted by Gasteiger charge is -1.99. The summed E-state index contributed by atoms with van der Waals surface area (Å²) < 4.78 is 9.81. The molecule has 14 heavy (non-hydrogen) atoms. The van der Waals surface area contributed by atoms with Gasteiger partial charge in [0.05, 0.1) is 13.4 Å². The highest BCUT2D eigenvalue weighted by molar-refractivity contribution is 6.17.